The van der Waals surface area contributed by atoms with Crippen LogP contribution < -0.4 is 4.18 Å². The molecule has 0 aliphatic carbocycles. The van der Waals surface area contributed by atoms with Crippen LogP contribution in [0.5, 0.6) is 5.75 Å². The summed E-state index contributed by atoms with van der Waals surface area (Å²) >= 11 is 0.845. The predicted molar refractivity (Wildman–Crippen MR) is 51.9 cm³/mol. The summed E-state index contributed by atoms with van der Waals surface area (Å²) in [5, 5.41) is 16.8. The summed E-state index contributed by atoms with van der Waals surface area (Å²) < 4.78 is 5.04. The van der Waals surface area contributed by atoms with E-state index >= 15 is 0 Å². The van der Waals surface area contributed by atoms with Gasteiger partial charge in [0.1, 0.15) is 11.5 Å². The van der Waals surface area contributed by atoms with Gasteiger partial charge in [-0.15, -0.1) is 0 Å². The predicted octanol–water partition coefficient (Wildman–Crippen LogP) is 1.67. The lowest BCUT2D eigenvalue weighted by Gasteiger charge is -2.01. The number of benzene rings is 1. The van der Waals surface area contributed by atoms with E-state index < -0.39 is 5.97 Å². The Morgan fingerprint density at radius 1 is 1.50 bits per heavy atom. The molecule has 0 aliphatic rings. The maximum atomic E-state index is 10.1. The Morgan fingerprint density at radius 3 is 2.64 bits per heavy atom. The number of carboxylic acid groups (broad SMARTS) is 1. The van der Waals surface area contributed by atoms with Crippen molar-refractivity contribution in [2.75, 3.05) is 5.75 Å². The largest absolute Gasteiger partial charge is 0.481 e. The second-order valence-electron chi connectivity index (χ2n) is 2.38. The highest BCUT2D eigenvalue weighted by molar-refractivity contribution is 7.95. The number of aliphatic carboxylic acids is 1. The Labute approximate surface area is 85.3 Å². The lowest BCUT2D eigenvalue weighted by Crippen LogP contribution is -1.99. The van der Waals surface area contributed by atoms with Crippen LogP contribution in [0.1, 0.15) is 5.56 Å². The lowest BCUT2D eigenvalue weighted by molar-refractivity contribution is -0.133. The van der Waals surface area contributed by atoms with Crippen LogP contribution in [-0.2, 0) is 4.79 Å². The van der Waals surface area contributed by atoms with Gasteiger partial charge in [-0.3, -0.25) is 4.79 Å². The summed E-state index contributed by atoms with van der Waals surface area (Å²) in [6, 6.07) is 8.42. The van der Waals surface area contributed by atoms with Gasteiger partial charge >= 0.3 is 5.97 Å². The molecule has 0 saturated heterocycles. The van der Waals surface area contributed by atoms with Gasteiger partial charge < -0.3 is 9.29 Å². The number of nitrogens with zero attached hydrogens (tertiary/aromatic N) is 1. The summed E-state index contributed by atoms with van der Waals surface area (Å²) in [6.07, 6.45) is 0. The maximum absolute atomic E-state index is 10.1. The fourth-order valence-corrected chi connectivity index (χ4v) is 1.14. The quantitative estimate of drug-likeness (QED) is 0.764. The van der Waals surface area contributed by atoms with Crippen LogP contribution in [0.25, 0.3) is 0 Å². The second kappa shape index (κ2) is 5.14. The van der Waals surface area contributed by atoms with E-state index in [1.54, 1.807) is 24.3 Å². The molecular weight excluding hydrogens is 202 g/mol. The third-order valence-corrected chi connectivity index (χ3v) is 2.00. The van der Waals surface area contributed by atoms with E-state index in [4.69, 9.17) is 14.6 Å². The van der Waals surface area contributed by atoms with Gasteiger partial charge in [0.05, 0.1) is 23.7 Å². The summed E-state index contributed by atoms with van der Waals surface area (Å²) in [6.45, 7) is 0. The standard InChI is InChI=1S/C9H7NO3S/c10-5-7-1-3-8(4-2-7)13-14-6-9(11)12/h1-4H,6H2,(H,11,12). The first-order valence-corrected chi connectivity index (χ1v) is 4.65. The average molecular weight is 209 g/mol. The van der Waals surface area contributed by atoms with Crippen LogP contribution in [0, 0.1) is 11.3 Å². The molecule has 1 rings (SSSR count). The van der Waals surface area contributed by atoms with Crippen molar-refractivity contribution in [2.45, 2.75) is 0 Å². The SMILES string of the molecule is N#Cc1ccc(OSCC(=O)O)cc1. The molecular formula is C9H7NO3S. The molecule has 14 heavy (non-hydrogen) atoms. The zero-order chi connectivity index (χ0) is 10.4. The zero-order valence-corrected chi connectivity index (χ0v) is 7.95. The van der Waals surface area contributed by atoms with Crippen molar-refractivity contribution in [2.24, 2.45) is 0 Å². The number of hydrogen-bond acceptors (Lipinski definition) is 4. The van der Waals surface area contributed by atoms with Crippen molar-refractivity contribution < 1.29 is 14.1 Å². The van der Waals surface area contributed by atoms with Crippen molar-refractivity contribution >= 4 is 18.0 Å². The van der Waals surface area contributed by atoms with Gasteiger partial charge in [-0.2, -0.15) is 5.26 Å². The highest BCUT2D eigenvalue weighted by Gasteiger charge is 1.99. The van der Waals surface area contributed by atoms with E-state index in [-0.39, 0.29) is 5.75 Å². The van der Waals surface area contributed by atoms with Gasteiger partial charge in [-0.05, 0) is 24.3 Å². The second-order valence-corrected chi connectivity index (χ2v) is 3.07. The van der Waals surface area contributed by atoms with Gasteiger partial charge in [-0.25, -0.2) is 0 Å². The number of nitriles is 1. The first kappa shape index (κ1) is 10.4. The van der Waals surface area contributed by atoms with Gasteiger partial charge in [0.15, 0.2) is 0 Å². The van der Waals surface area contributed by atoms with Crippen LogP contribution in [0.15, 0.2) is 24.3 Å². The minimum absolute atomic E-state index is 0.111. The van der Waals surface area contributed by atoms with E-state index in [1.165, 1.54) is 0 Å². The minimum atomic E-state index is -0.927. The summed E-state index contributed by atoms with van der Waals surface area (Å²) in [7, 11) is 0. The van der Waals surface area contributed by atoms with Crippen LogP contribution in [-0.4, -0.2) is 16.8 Å². The van der Waals surface area contributed by atoms with E-state index in [0.29, 0.717) is 11.3 Å². The van der Waals surface area contributed by atoms with Crippen molar-refractivity contribution in [1.82, 2.24) is 0 Å². The third-order valence-electron chi connectivity index (χ3n) is 1.32. The Hall–Kier alpha value is -1.67. The summed E-state index contributed by atoms with van der Waals surface area (Å²) in [5.74, 6) is -0.501. The smallest absolute Gasteiger partial charge is 0.316 e. The molecule has 0 bridgehead atoms. The molecule has 5 heteroatoms. The van der Waals surface area contributed by atoms with E-state index in [0.717, 1.165) is 12.0 Å². The number of rotatable bonds is 4. The molecule has 1 aromatic carbocycles. The molecule has 1 N–H and O–H groups in total. The van der Waals surface area contributed by atoms with Crippen molar-refractivity contribution in [3.05, 3.63) is 29.8 Å². The third kappa shape index (κ3) is 3.37. The molecule has 4 nitrogen and oxygen atoms in total. The van der Waals surface area contributed by atoms with Gasteiger partial charge in [0, 0.05) is 0 Å². The topological polar surface area (TPSA) is 70.3 Å². The average Bonchev–Trinajstić information content (AvgIpc) is 2.18. The molecule has 0 fully saturated rings. The van der Waals surface area contributed by atoms with Crippen molar-refractivity contribution in [3.8, 4) is 11.8 Å². The molecule has 0 aromatic heterocycles. The van der Waals surface area contributed by atoms with Crippen LogP contribution in [0.4, 0.5) is 0 Å². The molecule has 1 aromatic rings. The Balaban J connectivity index is 2.45. The summed E-state index contributed by atoms with van der Waals surface area (Å²) in [5.41, 5.74) is 0.542. The molecule has 0 saturated carbocycles. The van der Waals surface area contributed by atoms with Crippen LogP contribution in [0.2, 0.25) is 0 Å². The molecule has 72 valence electrons. The fraction of sp³-hybridized carbons (Fsp3) is 0.111. The highest BCUT2D eigenvalue weighted by Crippen LogP contribution is 2.16. The zero-order valence-electron chi connectivity index (χ0n) is 7.14. The highest BCUT2D eigenvalue weighted by atomic mass is 32.2. The number of carboxylic acids is 1. The monoisotopic (exact) mass is 209 g/mol. The van der Waals surface area contributed by atoms with E-state index in [2.05, 4.69) is 0 Å². The molecule has 0 radical (unpaired) electrons. The van der Waals surface area contributed by atoms with Crippen LogP contribution in [0.3, 0.4) is 0 Å². The Bertz CT molecular complexity index is 355. The molecule has 0 amide bonds. The Kier molecular flexibility index (Phi) is 3.83. The number of hydrogen-bond donors (Lipinski definition) is 1. The van der Waals surface area contributed by atoms with Gasteiger partial charge in [0.25, 0.3) is 0 Å². The minimum Gasteiger partial charge on any atom is -0.481 e. The van der Waals surface area contributed by atoms with E-state index in [1.807, 2.05) is 6.07 Å². The first-order chi connectivity index (χ1) is 6.72. The van der Waals surface area contributed by atoms with E-state index in [9.17, 15) is 4.79 Å². The molecule has 0 heterocycles. The van der Waals surface area contributed by atoms with Crippen molar-refractivity contribution in [1.29, 1.82) is 5.26 Å². The fourth-order valence-electron chi connectivity index (χ4n) is 0.733. The molecule has 0 unspecified atom stereocenters. The maximum Gasteiger partial charge on any atom is 0.316 e. The first-order valence-electron chi connectivity index (χ1n) is 3.74. The van der Waals surface area contributed by atoms with Crippen molar-refractivity contribution in [3.63, 3.8) is 0 Å². The van der Waals surface area contributed by atoms with Gasteiger partial charge in [0.2, 0.25) is 0 Å². The van der Waals surface area contributed by atoms with Crippen LogP contribution >= 0.6 is 12.0 Å². The lowest BCUT2D eigenvalue weighted by atomic mass is 10.2. The normalized spacial score (nSPS) is 9.07. The molecule has 0 spiro atoms. The molecule has 0 aliphatic heterocycles. The van der Waals surface area contributed by atoms with Gasteiger partial charge in [-0.1, -0.05) is 0 Å². The number of carbonyl (C=O) groups is 1. The Morgan fingerprint density at radius 2 is 2.14 bits per heavy atom. The summed E-state index contributed by atoms with van der Waals surface area (Å²) in [4.78, 5) is 10.1. The molecule has 0 atom stereocenters.